The Morgan fingerprint density at radius 3 is 2.65 bits per heavy atom. The molecule has 0 aliphatic carbocycles. The van der Waals surface area contributed by atoms with Crippen LogP contribution in [0.4, 0.5) is 4.39 Å². The molecule has 0 fully saturated rings. The van der Waals surface area contributed by atoms with Crippen LogP contribution in [-0.4, -0.2) is 25.7 Å². The van der Waals surface area contributed by atoms with Gasteiger partial charge in [-0.15, -0.1) is 0 Å². The lowest BCUT2D eigenvalue weighted by atomic mass is 10.1. The first-order chi connectivity index (χ1) is 7.94. The molecule has 0 bridgehead atoms. The van der Waals surface area contributed by atoms with Gasteiger partial charge in [-0.2, -0.15) is 0 Å². The molecule has 1 aromatic carbocycles. The summed E-state index contributed by atoms with van der Waals surface area (Å²) < 4.78 is 35.2. The van der Waals surface area contributed by atoms with Gasteiger partial charge in [0.2, 0.25) is 0 Å². The van der Waals surface area contributed by atoms with Gasteiger partial charge in [0, 0.05) is 17.7 Å². The second kappa shape index (κ2) is 5.91. The second-order valence-electron chi connectivity index (χ2n) is 3.77. The van der Waals surface area contributed by atoms with E-state index in [-0.39, 0.29) is 30.1 Å². The van der Waals surface area contributed by atoms with Crippen LogP contribution in [0.15, 0.2) is 24.3 Å². The largest absolute Gasteiger partial charge is 0.294 e. The molecule has 0 amide bonds. The summed E-state index contributed by atoms with van der Waals surface area (Å²) in [6, 6.07) is 5.42. The summed E-state index contributed by atoms with van der Waals surface area (Å²) in [5, 5.41) is 0. The minimum absolute atomic E-state index is 0.00452. The zero-order valence-electron chi connectivity index (χ0n) is 9.65. The molecule has 0 radical (unpaired) electrons. The maximum atomic E-state index is 12.8. The van der Waals surface area contributed by atoms with Crippen LogP contribution in [0.2, 0.25) is 0 Å². The van der Waals surface area contributed by atoms with Crippen molar-refractivity contribution in [1.82, 2.24) is 0 Å². The topological polar surface area (TPSA) is 51.2 Å². The van der Waals surface area contributed by atoms with Crippen molar-refractivity contribution in [3.05, 3.63) is 35.6 Å². The SMILES string of the molecule is CCS(=O)(=O)CCCC(=O)c1cccc(F)c1. The van der Waals surface area contributed by atoms with E-state index in [1.165, 1.54) is 18.2 Å². The van der Waals surface area contributed by atoms with Crippen molar-refractivity contribution in [2.75, 3.05) is 11.5 Å². The average molecular weight is 258 g/mol. The minimum Gasteiger partial charge on any atom is -0.294 e. The molecule has 0 saturated carbocycles. The summed E-state index contributed by atoms with van der Waals surface area (Å²) in [4.78, 5) is 11.6. The van der Waals surface area contributed by atoms with E-state index >= 15 is 0 Å². The summed E-state index contributed by atoms with van der Waals surface area (Å²) in [5.74, 6) is -0.598. The highest BCUT2D eigenvalue weighted by atomic mass is 32.2. The number of benzene rings is 1. The van der Waals surface area contributed by atoms with Crippen molar-refractivity contribution >= 4 is 15.6 Å². The molecule has 17 heavy (non-hydrogen) atoms. The van der Waals surface area contributed by atoms with Gasteiger partial charge in [-0.25, -0.2) is 12.8 Å². The number of carbonyl (C=O) groups excluding carboxylic acids is 1. The Morgan fingerprint density at radius 2 is 2.06 bits per heavy atom. The van der Waals surface area contributed by atoms with Crippen molar-refractivity contribution in [2.45, 2.75) is 19.8 Å². The van der Waals surface area contributed by atoms with Gasteiger partial charge in [-0.05, 0) is 18.6 Å². The maximum Gasteiger partial charge on any atom is 0.163 e. The third kappa shape index (κ3) is 4.65. The van der Waals surface area contributed by atoms with E-state index in [1.807, 2.05) is 0 Å². The Hall–Kier alpha value is -1.23. The molecule has 1 aromatic rings. The quantitative estimate of drug-likeness (QED) is 0.735. The zero-order chi connectivity index (χ0) is 12.9. The highest BCUT2D eigenvalue weighted by Crippen LogP contribution is 2.08. The number of halogens is 1. The van der Waals surface area contributed by atoms with Crippen molar-refractivity contribution < 1.29 is 17.6 Å². The lowest BCUT2D eigenvalue weighted by Gasteiger charge is -2.02. The molecule has 0 N–H and O–H groups in total. The molecule has 0 saturated heterocycles. The van der Waals surface area contributed by atoms with Gasteiger partial charge in [-0.3, -0.25) is 4.79 Å². The van der Waals surface area contributed by atoms with E-state index in [1.54, 1.807) is 6.92 Å². The molecular formula is C12H15FO3S. The Labute approximate surface area is 101 Å². The van der Waals surface area contributed by atoms with E-state index < -0.39 is 15.7 Å². The van der Waals surface area contributed by atoms with E-state index in [2.05, 4.69) is 0 Å². The minimum atomic E-state index is -3.03. The van der Waals surface area contributed by atoms with Crippen LogP contribution in [0, 0.1) is 5.82 Å². The molecular weight excluding hydrogens is 243 g/mol. The summed E-state index contributed by atoms with van der Waals surface area (Å²) >= 11 is 0. The highest BCUT2D eigenvalue weighted by Gasteiger charge is 2.10. The van der Waals surface area contributed by atoms with E-state index in [4.69, 9.17) is 0 Å². The first-order valence-corrected chi connectivity index (χ1v) is 7.26. The Morgan fingerprint density at radius 1 is 1.35 bits per heavy atom. The monoisotopic (exact) mass is 258 g/mol. The number of ketones is 1. The lowest BCUT2D eigenvalue weighted by Crippen LogP contribution is -2.10. The molecule has 0 atom stereocenters. The molecule has 0 aliphatic rings. The van der Waals surface area contributed by atoms with Gasteiger partial charge >= 0.3 is 0 Å². The Balaban J connectivity index is 2.51. The molecule has 94 valence electrons. The zero-order valence-corrected chi connectivity index (χ0v) is 10.5. The smallest absolute Gasteiger partial charge is 0.163 e. The molecule has 0 spiro atoms. The van der Waals surface area contributed by atoms with Gasteiger partial charge < -0.3 is 0 Å². The number of hydrogen-bond donors (Lipinski definition) is 0. The van der Waals surface area contributed by atoms with Crippen LogP contribution in [0.5, 0.6) is 0 Å². The van der Waals surface area contributed by atoms with E-state index in [0.717, 1.165) is 6.07 Å². The molecule has 5 heteroatoms. The fourth-order valence-corrected chi connectivity index (χ4v) is 2.28. The predicted molar refractivity (Wildman–Crippen MR) is 64.3 cm³/mol. The molecule has 1 rings (SSSR count). The van der Waals surface area contributed by atoms with Gasteiger partial charge in [0.25, 0.3) is 0 Å². The standard InChI is InChI=1S/C12H15FO3S/c1-2-17(15,16)8-4-7-12(14)10-5-3-6-11(13)9-10/h3,5-6,9H,2,4,7-8H2,1H3. The normalized spacial score (nSPS) is 11.4. The average Bonchev–Trinajstić information content (AvgIpc) is 2.28. The molecule has 0 heterocycles. The molecule has 3 nitrogen and oxygen atoms in total. The van der Waals surface area contributed by atoms with Gasteiger partial charge in [0.15, 0.2) is 5.78 Å². The highest BCUT2D eigenvalue weighted by molar-refractivity contribution is 7.91. The number of sulfone groups is 1. The van der Waals surface area contributed by atoms with Crippen molar-refractivity contribution in [3.63, 3.8) is 0 Å². The van der Waals surface area contributed by atoms with Gasteiger partial charge in [0.1, 0.15) is 15.7 Å². The van der Waals surface area contributed by atoms with Crippen LogP contribution in [0.1, 0.15) is 30.1 Å². The lowest BCUT2D eigenvalue weighted by molar-refractivity contribution is 0.0981. The van der Waals surface area contributed by atoms with E-state index in [0.29, 0.717) is 5.56 Å². The summed E-state index contributed by atoms with van der Waals surface area (Å²) in [6.07, 6.45) is 0.411. The van der Waals surface area contributed by atoms with Crippen LogP contribution < -0.4 is 0 Å². The first-order valence-electron chi connectivity index (χ1n) is 5.44. The van der Waals surface area contributed by atoms with Crippen LogP contribution in [0.25, 0.3) is 0 Å². The Kier molecular flexibility index (Phi) is 4.81. The maximum absolute atomic E-state index is 12.8. The fourth-order valence-electron chi connectivity index (χ4n) is 1.40. The van der Waals surface area contributed by atoms with E-state index in [9.17, 15) is 17.6 Å². The summed E-state index contributed by atoms with van der Waals surface area (Å²) in [5.41, 5.74) is 0.291. The predicted octanol–water partition coefficient (Wildman–Crippen LogP) is 2.22. The second-order valence-corrected chi connectivity index (χ2v) is 6.25. The number of Topliss-reactive ketones (excluding diaryl/α,β-unsaturated/α-hetero) is 1. The molecule has 0 aromatic heterocycles. The first kappa shape index (κ1) is 13.8. The van der Waals surface area contributed by atoms with Crippen LogP contribution in [-0.2, 0) is 9.84 Å². The van der Waals surface area contributed by atoms with Gasteiger partial charge in [0.05, 0.1) is 5.75 Å². The van der Waals surface area contributed by atoms with Crippen molar-refractivity contribution in [3.8, 4) is 0 Å². The van der Waals surface area contributed by atoms with Crippen LogP contribution in [0.3, 0.4) is 0 Å². The van der Waals surface area contributed by atoms with Crippen molar-refractivity contribution in [2.24, 2.45) is 0 Å². The summed E-state index contributed by atoms with van der Waals surface area (Å²) in [7, 11) is -3.03. The number of hydrogen-bond acceptors (Lipinski definition) is 3. The Bertz CT molecular complexity index is 494. The van der Waals surface area contributed by atoms with Crippen molar-refractivity contribution in [1.29, 1.82) is 0 Å². The molecule has 0 aliphatic heterocycles. The third-order valence-corrected chi connectivity index (χ3v) is 4.24. The van der Waals surface area contributed by atoms with Crippen LogP contribution >= 0.6 is 0 Å². The molecule has 0 unspecified atom stereocenters. The summed E-state index contributed by atoms with van der Waals surface area (Å²) in [6.45, 7) is 1.57. The number of carbonyl (C=O) groups is 1. The van der Waals surface area contributed by atoms with Gasteiger partial charge in [-0.1, -0.05) is 19.1 Å². The third-order valence-electron chi connectivity index (χ3n) is 2.45. The number of rotatable bonds is 6. The fraction of sp³-hybridized carbons (Fsp3) is 0.417.